The number of hydrogen-bond donors (Lipinski definition) is 2. The van der Waals surface area contributed by atoms with Crippen LogP contribution < -0.4 is 16.2 Å². The van der Waals surface area contributed by atoms with E-state index in [4.69, 9.17) is 11.6 Å². The number of aryl methyl sites for hydroxylation is 1. The second kappa shape index (κ2) is 7.72. The quantitative estimate of drug-likeness (QED) is 0.510. The Morgan fingerprint density at radius 2 is 2.10 bits per heavy atom. The molecule has 1 aliphatic rings. The number of anilines is 2. The second-order valence-electron chi connectivity index (χ2n) is 7.36. The van der Waals surface area contributed by atoms with Gasteiger partial charge in [0.2, 0.25) is 5.95 Å². The van der Waals surface area contributed by atoms with Crippen LogP contribution in [0.5, 0.6) is 0 Å². The summed E-state index contributed by atoms with van der Waals surface area (Å²) in [4.78, 5) is 21.8. The molecule has 0 bridgehead atoms. The molecule has 0 saturated heterocycles. The SMILES string of the molecule is Cc1nn(-c2c(F)cccc2Cl)c(=O)c2cnc(Nc3ccc4c(c3)CNCC4)nc12. The predicted octanol–water partition coefficient (Wildman–Crippen LogP) is 3.67. The fourth-order valence-corrected chi connectivity index (χ4v) is 4.00. The molecule has 2 N–H and O–H groups in total. The van der Waals surface area contributed by atoms with Gasteiger partial charge in [-0.3, -0.25) is 4.79 Å². The molecule has 9 heteroatoms. The lowest BCUT2D eigenvalue weighted by Gasteiger charge is -2.18. The average Bonchev–Trinajstić information content (AvgIpc) is 2.77. The molecule has 0 radical (unpaired) electrons. The Balaban J connectivity index is 1.55. The first-order valence-corrected chi connectivity index (χ1v) is 10.2. The van der Waals surface area contributed by atoms with E-state index >= 15 is 0 Å². The van der Waals surface area contributed by atoms with Crippen molar-refractivity contribution in [3.63, 3.8) is 0 Å². The molecule has 0 fully saturated rings. The Bertz CT molecular complexity index is 1370. The lowest BCUT2D eigenvalue weighted by molar-refractivity contribution is 0.605. The summed E-state index contributed by atoms with van der Waals surface area (Å²) in [6, 6.07) is 10.4. The third-order valence-electron chi connectivity index (χ3n) is 5.30. The molecule has 0 unspecified atom stereocenters. The number of rotatable bonds is 3. The summed E-state index contributed by atoms with van der Waals surface area (Å²) in [5.41, 5.74) is 3.64. The minimum Gasteiger partial charge on any atom is -0.324 e. The van der Waals surface area contributed by atoms with E-state index in [-0.39, 0.29) is 16.1 Å². The first-order chi connectivity index (χ1) is 15.0. The Labute approximate surface area is 181 Å². The fourth-order valence-electron chi connectivity index (χ4n) is 3.76. The van der Waals surface area contributed by atoms with Crippen molar-refractivity contribution in [2.24, 2.45) is 0 Å². The van der Waals surface area contributed by atoms with Crippen molar-refractivity contribution in [2.75, 3.05) is 11.9 Å². The van der Waals surface area contributed by atoms with Crippen LogP contribution in [0, 0.1) is 12.7 Å². The van der Waals surface area contributed by atoms with E-state index in [1.54, 1.807) is 6.92 Å². The van der Waals surface area contributed by atoms with Gasteiger partial charge in [-0.05, 0) is 55.3 Å². The molecule has 2 aromatic carbocycles. The molecular formula is C22H18ClFN6O. The lowest BCUT2D eigenvalue weighted by Crippen LogP contribution is -2.24. The number of hydrogen-bond acceptors (Lipinski definition) is 6. The Morgan fingerprint density at radius 1 is 1.23 bits per heavy atom. The number of nitrogens with zero attached hydrogens (tertiary/aromatic N) is 4. The van der Waals surface area contributed by atoms with Crippen LogP contribution in [0.15, 0.2) is 47.4 Å². The summed E-state index contributed by atoms with van der Waals surface area (Å²) < 4.78 is 15.3. The molecule has 0 saturated carbocycles. The normalized spacial score (nSPS) is 13.3. The van der Waals surface area contributed by atoms with Gasteiger partial charge in [0.15, 0.2) is 5.82 Å². The zero-order valence-electron chi connectivity index (χ0n) is 16.6. The molecule has 4 aromatic rings. The first-order valence-electron chi connectivity index (χ1n) is 9.82. The van der Waals surface area contributed by atoms with E-state index in [0.717, 1.165) is 29.9 Å². The summed E-state index contributed by atoms with van der Waals surface area (Å²) in [7, 11) is 0. The number of para-hydroxylation sites is 1. The smallest absolute Gasteiger partial charge is 0.282 e. The molecule has 7 nitrogen and oxygen atoms in total. The fraction of sp³-hybridized carbons (Fsp3) is 0.182. The van der Waals surface area contributed by atoms with Gasteiger partial charge in [0.25, 0.3) is 5.56 Å². The van der Waals surface area contributed by atoms with E-state index in [0.29, 0.717) is 17.2 Å². The molecule has 1 aliphatic heterocycles. The van der Waals surface area contributed by atoms with Crippen molar-refractivity contribution in [1.29, 1.82) is 0 Å². The van der Waals surface area contributed by atoms with Gasteiger partial charge < -0.3 is 10.6 Å². The van der Waals surface area contributed by atoms with Gasteiger partial charge in [-0.1, -0.05) is 23.7 Å². The van der Waals surface area contributed by atoms with Gasteiger partial charge >= 0.3 is 0 Å². The van der Waals surface area contributed by atoms with Crippen molar-refractivity contribution in [1.82, 2.24) is 25.1 Å². The van der Waals surface area contributed by atoms with Crippen LogP contribution in [-0.4, -0.2) is 26.3 Å². The van der Waals surface area contributed by atoms with Crippen molar-refractivity contribution < 1.29 is 4.39 Å². The molecule has 0 spiro atoms. The van der Waals surface area contributed by atoms with Crippen LogP contribution in [0.1, 0.15) is 16.8 Å². The number of halogens is 2. The molecule has 2 aromatic heterocycles. The lowest BCUT2D eigenvalue weighted by atomic mass is 10.0. The Hall–Kier alpha value is -3.36. The standard InChI is InChI=1S/C22H18ClFN6O/c1-12-19-16(21(31)30(29-12)20-17(23)3-2-4-18(20)24)11-26-22(28-19)27-15-6-5-13-7-8-25-10-14(13)9-15/h2-6,9,11,25H,7-8,10H2,1H3,(H,26,27,28). The largest absolute Gasteiger partial charge is 0.324 e. The number of benzene rings is 2. The molecule has 156 valence electrons. The van der Waals surface area contributed by atoms with E-state index in [9.17, 15) is 9.18 Å². The van der Waals surface area contributed by atoms with Gasteiger partial charge in [0, 0.05) is 18.4 Å². The highest BCUT2D eigenvalue weighted by molar-refractivity contribution is 6.32. The minimum atomic E-state index is -0.637. The van der Waals surface area contributed by atoms with Gasteiger partial charge in [-0.15, -0.1) is 0 Å². The number of fused-ring (bicyclic) bond motifs is 2. The average molecular weight is 437 g/mol. The summed E-state index contributed by atoms with van der Waals surface area (Å²) in [6.45, 7) is 3.51. The molecule has 0 amide bonds. The maximum Gasteiger partial charge on any atom is 0.282 e. The third kappa shape index (κ3) is 3.54. The van der Waals surface area contributed by atoms with Crippen molar-refractivity contribution in [2.45, 2.75) is 19.9 Å². The molecular weight excluding hydrogens is 419 g/mol. The number of aromatic nitrogens is 4. The van der Waals surface area contributed by atoms with E-state index in [1.165, 1.54) is 35.5 Å². The monoisotopic (exact) mass is 436 g/mol. The van der Waals surface area contributed by atoms with Crippen LogP contribution >= 0.6 is 11.6 Å². The first kappa shape index (κ1) is 19.6. The van der Waals surface area contributed by atoms with E-state index in [2.05, 4.69) is 37.8 Å². The van der Waals surface area contributed by atoms with Crippen LogP contribution in [0.2, 0.25) is 5.02 Å². The second-order valence-corrected chi connectivity index (χ2v) is 7.77. The molecule has 0 atom stereocenters. The minimum absolute atomic E-state index is 0.0921. The van der Waals surface area contributed by atoms with E-state index < -0.39 is 11.4 Å². The van der Waals surface area contributed by atoms with Crippen LogP contribution in [0.25, 0.3) is 16.6 Å². The summed E-state index contributed by atoms with van der Waals surface area (Å²) in [6.07, 6.45) is 2.43. The van der Waals surface area contributed by atoms with Crippen molar-refractivity contribution in [3.8, 4) is 5.69 Å². The highest BCUT2D eigenvalue weighted by Crippen LogP contribution is 2.24. The summed E-state index contributed by atoms with van der Waals surface area (Å²) in [5.74, 6) is -0.288. The van der Waals surface area contributed by atoms with E-state index in [1.807, 2.05) is 6.07 Å². The molecule has 31 heavy (non-hydrogen) atoms. The molecule has 5 rings (SSSR count). The van der Waals surface area contributed by atoms with Gasteiger partial charge in [-0.25, -0.2) is 14.4 Å². The predicted molar refractivity (Wildman–Crippen MR) is 118 cm³/mol. The maximum atomic E-state index is 14.3. The maximum absolute atomic E-state index is 14.3. The Kier molecular flexibility index (Phi) is 4.88. The van der Waals surface area contributed by atoms with Crippen molar-refractivity contribution >= 4 is 34.1 Å². The van der Waals surface area contributed by atoms with Crippen LogP contribution in [0.3, 0.4) is 0 Å². The third-order valence-corrected chi connectivity index (χ3v) is 5.61. The van der Waals surface area contributed by atoms with Gasteiger partial charge in [0.1, 0.15) is 11.2 Å². The van der Waals surface area contributed by atoms with Crippen LogP contribution in [0.4, 0.5) is 16.0 Å². The van der Waals surface area contributed by atoms with Gasteiger partial charge in [-0.2, -0.15) is 9.78 Å². The molecule has 0 aliphatic carbocycles. The van der Waals surface area contributed by atoms with Crippen LogP contribution in [-0.2, 0) is 13.0 Å². The van der Waals surface area contributed by atoms with Crippen molar-refractivity contribution in [3.05, 3.63) is 80.6 Å². The summed E-state index contributed by atoms with van der Waals surface area (Å²) in [5, 5.41) is 11.1. The zero-order chi connectivity index (χ0) is 21.5. The molecule has 3 heterocycles. The number of nitrogens with one attached hydrogen (secondary N) is 2. The highest BCUT2D eigenvalue weighted by atomic mass is 35.5. The highest BCUT2D eigenvalue weighted by Gasteiger charge is 2.17. The Morgan fingerprint density at radius 3 is 2.94 bits per heavy atom. The summed E-state index contributed by atoms with van der Waals surface area (Å²) >= 11 is 6.12. The zero-order valence-corrected chi connectivity index (χ0v) is 17.4. The topological polar surface area (TPSA) is 84.7 Å². The van der Waals surface area contributed by atoms with Gasteiger partial charge in [0.05, 0.1) is 16.1 Å².